The van der Waals surface area contributed by atoms with Crippen molar-refractivity contribution in [2.75, 3.05) is 32.8 Å². The van der Waals surface area contributed by atoms with Crippen LogP contribution < -0.4 is 11.1 Å². The Labute approximate surface area is 146 Å². The molecular formula is C15H31Cl2N3O2. The minimum absolute atomic E-state index is 0. The monoisotopic (exact) mass is 355 g/mol. The molecule has 2 heterocycles. The number of carbonyl (C=O) groups is 1. The van der Waals surface area contributed by atoms with Crippen LogP contribution in [0.4, 0.5) is 0 Å². The van der Waals surface area contributed by atoms with Crippen LogP contribution in [-0.4, -0.2) is 55.2 Å². The first-order chi connectivity index (χ1) is 9.49. The zero-order valence-electron chi connectivity index (χ0n) is 13.7. The van der Waals surface area contributed by atoms with E-state index in [1.54, 1.807) is 0 Å². The molecular weight excluding hydrogens is 325 g/mol. The molecule has 0 aliphatic carbocycles. The van der Waals surface area contributed by atoms with Crippen LogP contribution in [0.5, 0.6) is 0 Å². The van der Waals surface area contributed by atoms with Gasteiger partial charge in [0.25, 0.3) is 0 Å². The van der Waals surface area contributed by atoms with Gasteiger partial charge in [-0.1, -0.05) is 6.92 Å². The van der Waals surface area contributed by atoms with Gasteiger partial charge >= 0.3 is 0 Å². The summed E-state index contributed by atoms with van der Waals surface area (Å²) in [6.07, 6.45) is 3.82. The Hall–Kier alpha value is -0.0700. The number of hydrogen-bond acceptors (Lipinski definition) is 4. The molecule has 0 radical (unpaired) electrons. The van der Waals surface area contributed by atoms with Crippen molar-refractivity contribution in [1.29, 1.82) is 0 Å². The van der Waals surface area contributed by atoms with Crippen molar-refractivity contribution in [2.45, 2.75) is 51.1 Å². The minimum Gasteiger partial charge on any atom is -0.381 e. The quantitative estimate of drug-likeness (QED) is 0.803. The largest absolute Gasteiger partial charge is 0.381 e. The lowest BCUT2D eigenvalue weighted by atomic mass is 9.90. The Morgan fingerprint density at radius 1 is 1.41 bits per heavy atom. The zero-order chi connectivity index (χ0) is 14.6. The average Bonchev–Trinajstić information content (AvgIpc) is 2.39. The number of hydrogen-bond donors (Lipinski definition) is 2. The predicted molar refractivity (Wildman–Crippen MR) is 93.9 cm³/mol. The summed E-state index contributed by atoms with van der Waals surface area (Å²) in [6, 6.07) is 0.149. The number of amides is 1. The van der Waals surface area contributed by atoms with E-state index in [-0.39, 0.29) is 36.8 Å². The SMILES string of the molecule is CC1CCCN(CC(C)NC(=O)C2(N)CCOCC2)C1.Cl.Cl. The van der Waals surface area contributed by atoms with Crippen LogP contribution in [0.2, 0.25) is 0 Å². The summed E-state index contributed by atoms with van der Waals surface area (Å²) in [5, 5.41) is 3.09. The summed E-state index contributed by atoms with van der Waals surface area (Å²) >= 11 is 0. The van der Waals surface area contributed by atoms with Crippen LogP contribution in [0, 0.1) is 5.92 Å². The maximum Gasteiger partial charge on any atom is 0.240 e. The Morgan fingerprint density at radius 2 is 2.05 bits per heavy atom. The van der Waals surface area contributed by atoms with Crippen molar-refractivity contribution in [2.24, 2.45) is 11.7 Å². The highest BCUT2D eigenvalue weighted by Crippen LogP contribution is 2.18. The van der Waals surface area contributed by atoms with Gasteiger partial charge in [-0.05, 0) is 45.1 Å². The number of rotatable bonds is 4. The standard InChI is InChI=1S/C15H29N3O2.2ClH/c1-12-4-3-7-18(10-12)11-13(2)17-14(19)15(16)5-8-20-9-6-15;;/h12-13H,3-11,16H2,1-2H3,(H,17,19);2*1H. The molecule has 0 spiro atoms. The molecule has 1 amide bonds. The van der Waals surface area contributed by atoms with Gasteiger partial charge < -0.3 is 20.7 Å². The second-order valence-corrected chi connectivity index (χ2v) is 6.65. The lowest BCUT2D eigenvalue weighted by Gasteiger charge is -2.35. The average molecular weight is 356 g/mol. The van der Waals surface area contributed by atoms with Crippen LogP contribution in [0.3, 0.4) is 0 Å². The fourth-order valence-electron chi connectivity index (χ4n) is 3.22. The van der Waals surface area contributed by atoms with Gasteiger partial charge in [0.2, 0.25) is 5.91 Å². The van der Waals surface area contributed by atoms with Crippen LogP contribution in [0.25, 0.3) is 0 Å². The van der Waals surface area contributed by atoms with Gasteiger partial charge in [0.15, 0.2) is 0 Å². The Bertz CT molecular complexity index is 339. The molecule has 0 aromatic rings. The molecule has 3 N–H and O–H groups in total. The third-order valence-corrected chi connectivity index (χ3v) is 4.49. The number of nitrogens with two attached hydrogens (primary N) is 1. The van der Waals surface area contributed by atoms with E-state index in [9.17, 15) is 4.79 Å². The topological polar surface area (TPSA) is 67.6 Å². The number of nitrogens with one attached hydrogen (secondary N) is 1. The molecule has 2 unspecified atom stereocenters. The number of piperidine rings is 1. The van der Waals surface area contributed by atoms with Crippen molar-refractivity contribution < 1.29 is 9.53 Å². The first kappa shape index (κ1) is 21.9. The Morgan fingerprint density at radius 3 is 2.64 bits per heavy atom. The molecule has 0 aromatic carbocycles. The number of carbonyl (C=O) groups excluding carboxylic acids is 1. The third-order valence-electron chi connectivity index (χ3n) is 4.49. The maximum absolute atomic E-state index is 12.3. The molecule has 22 heavy (non-hydrogen) atoms. The van der Waals surface area contributed by atoms with Gasteiger partial charge in [-0.25, -0.2) is 0 Å². The predicted octanol–water partition coefficient (Wildman–Crippen LogP) is 1.57. The zero-order valence-corrected chi connectivity index (χ0v) is 15.3. The summed E-state index contributed by atoms with van der Waals surface area (Å²) in [5.74, 6) is 0.751. The van der Waals surface area contributed by atoms with Crippen LogP contribution in [0.1, 0.15) is 39.5 Å². The summed E-state index contributed by atoms with van der Waals surface area (Å²) in [4.78, 5) is 14.8. The second-order valence-electron chi connectivity index (χ2n) is 6.65. The van der Waals surface area contributed by atoms with E-state index in [4.69, 9.17) is 10.5 Å². The highest BCUT2D eigenvalue weighted by atomic mass is 35.5. The van der Waals surface area contributed by atoms with Crippen molar-refractivity contribution in [3.8, 4) is 0 Å². The summed E-state index contributed by atoms with van der Waals surface area (Å²) in [6.45, 7) is 8.74. The highest BCUT2D eigenvalue weighted by molar-refractivity contribution is 5.86. The highest BCUT2D eigenvalue weighted by Gasteiger charge is 2.36. The molecule has 2 aliphatic rings. The Kier molecular flexibility index (Phi) is 9.90. The minimum atomic E-state index is -0.734. The van der Waals surface area contributed by atoms with Gasteiger partial charge in [-0.15, -0.1) is 24.8 Å². The second kappa shape index (κ2) is 9.93. The van der Waals surface area contributed by atoms with Gasteiger partial charge in [0.05, 0.1) is 5.54 Å². The van der Waals surface area contributed by atoms with E-state index in [2.05, 4.69) is 24.1 Å². The Balaban J connectivity index is 0.00000220. The van der Waals surface area contributed by atoms with E-state index in [0.29, 0.717) is 26.1 Å². The summed E-state index contributed by atoms with van der Waals surface area (Å²) < 4.78 is 5.29. The molecule has 2 fully saturated rings. The maximum atomic E-state index is 12.3. The van der Waals surface area contributed by atoms with Gasteiger partial charge in [-0.2, -0.15) is 0 Å². The lowest BCUT2D eigenvalue weighted by Crippen LogP contribution is -2.59. The van der Waals surface area contributed by atoms with E-state index in [0.717, 1.165) is 25.6 Å². The first-order valence-electron chi connectivity index (χ1n) is 7.89. The molecule has 2 rings (SSSR count). The molecule has 2 aliphatic heterocycles. The molecule has 5 nitrogen and oxygen atoms in total. The number of ether oxygens (including phenoxy) is 1. The van der Waals surface area contributed by atoms with Crippen molar-refractivity contribution in [3.63, 3.8) is 0 Å². The molecule has 2 atom stereocenters. The van der Waals surface area contributed by atoms with E-state index in [1.807, 2.05) is 0 Å². The van der Waals surface area contributed by atoms with Crippen molar-refractivity contribution in [3.05, 3.63) is 0 Å². The van der Waals surface area contributed by atoms with Crippen molar-refractivity contribution >= 4 is 30.7 Å². The molecule has 132 valence electrons. The molecule has 0 saturated carbocycles. The number of halogens is 2. The van der Waals surface area contributed by atoms with E-state index >= 15 is 0 Å². The number of nitrogens with zero attached hydrogens (tertiary/aromatic N) is 1. The van der Waals surface area contributed by atoms with Crippen LogP contribution >= 0.6 is 24.8 Å². The molecule has 0 bridgehead atoms. The smallest absolute Gasteiger partial charge is 0.240 e. The fraction of sp³-hybridized carbons (Fsp3) is 0.933. The van der Waals surface area contributed by atoms with Gasteiger partial charge in [0, 0.05) is 32.3 Å². The summed E-state index contributed by atoms with van der Waals surface area (Å²) in [7, 11) is 0. The molecule has 7 heteroatoms. The van der Waals surface area contributed by atoms with Crippen LogP contribution in [-0.2, 0) is 9.53 Å². The van der Waals surface area contributed by atoms with Gasteiger partial charge in [0.1, 0.15) is 0 Å². The molecule has 2 saturated heterocycles. The van der Waals surface area contributed by atoms with Crippen LogP contribution in [0.15, 0.2) is 0 Å². The van der Waals surface area contributed by atoms with Crippen molar-refractivity contribution in [1.82, 2.24) is 10.2 Å². The normalized spacial score (nSPS) is 26.2. The number of likely N-dealkylation sites (tertiary alicyclic amines) is 1. The van der Waals surface area contributed by atoms with Gasteiger partial charge in [-0.3, -0.25) is 4.79 Å². The lowest BCUT2D eigenvalue weighted by molar-refractivity contribution is -0.130. The summed E-state index contributed by atoms with van der Waals surface area (Å²) in [5.41, 5.74) is 5.47. The molecule has 0 aromatic heterocycles. The fourth-order valence-corrected chi connectivity index (χ4v) is 3.22. The van der Waals surface area contributed by atoms with E-state index < -0.39 is 5.54 Å². The third kappa shape index (κ3) is 6.20. The van der Waals surface area contributed by atoms with E-state index in [1.165, 1.54) is 12.8 Å². The first-order valence-corrected chi connectivity index (χ1v) is 7.89.